The molecule has 0 aromatic heterocycles. The van der Waals surface area contributed by atoms with Gasteiger partial charge in [-0.3, -0.25) is 9.59 Å². The minimum atomic E-state index is -1.08. The van der Waals surface area contributed by atoms with Crippen molar-refractivity contribution in [3.05, 3.63) is 12.2 Å². The molecule has 0 saturated carbocycles. The third-order valence-corrected chi connectivity index (χ3v) is 1.49. The Bertz CT molecular complexity index is 268. The fourth-order valence-corrected chi connectivity index (χ4v) is 0.613. The molecule has 4 N–H and O–H groups in total. The molecule has 0 aliphatic rings. The summed E-state index contributed by atoms with van der Waals surface area (Å²) in [5, 5.41) is 32.3. The minimum absolute atomic E-state index is 0.0201. The van der Waals surface area contributed by atoms with Crippen molar-refractivity contribution in [3.8, 4) is 0 Å². The number of aliphatic hydroxyl groups is 1. The zero-order valence-corrected chi connectivity index (χ0v) is 9.26. The van der Waals surface area contributed by atoms with E-state index in [0.717, 1.165) is 0 Å². The summed E-state index contributed by atoms with van der Waals surface area (Å²) in [4.78, 5) is 29.3. The maximum Gasteiger partial charge on any atom is 0.330 e. The number of aliphatic carboxylic acids is 3. The van der Waals surface area contributed by atoms with Crippen molar-refractivity contribution in [1.29, 1.82) is 0 Å². The number of hydrogen-bond acceptors (Lipinski definition) is 4. The predicted molar refractivity (Wildman–Crippen MR) is 57.6 cm³/mol. The second-order valence-electron chi connectivity index (χ2n) is 3.02. The Hall–Kier alpha value is -1.89. The van der Waals surface area contributed by atoms with Crippen molar-refractivity contribution in [1.82, 2.24) is 0 Å². The zero-order valence-electron chi connectivity index (χ0n) is 9.26. The van der Waals surface area contributed by atoms with E-state index in [4.69, 9.17) is 20.4 Å². The van der Waals surface area contributed by atoms with Crippen LogP contribution in [-0.4, -0.2) is 44.9 Å². The van der Waals surface area contributed by atoms with Gasteiger partial charge in [-0.1, -0.05) is 6.58 Å². The average Bonchev–Trinajstić information content (AvgIpc) is 2.23. The second-order valence-corrected chi connectivity index (χ2v) is 3.02. The summed E-state index contributed by atoms with van der Waals surface area (Å²) >= 11 is 0. The lowest BCUT2D eigenvalue weighted by Crippen LogP contribution is -2.00. The van der Waals surface area contributed by atoms with Gasteiger partial charge in [0.1, 0.15) is 0 Å². The molecule has 7 nitrogen and oxygen atoms in total. The molecule has 0 radical (unpaired) electrons. The maximum absolute atomic E-state index is 10.0. The SMILES string of the molecule is C=C(CCCO)C(=O)O.O=C(O)CCC(=O)O. The molecule has 0 atom stereocenters. The van der Waals surface area contributed by atoms with Crippen LogP contribution in [0, 0.1) is 0 Å². The van der Waals surface area contributed by atoms with E-state index in [2.05, 4.69) is 6.58 Å². The van der Waals surface area contributed by atoms with E-state index in [1.165, 1.54) is 0 Å². The normalized spacial score (nSPS) is 8.76. The van der Waals surface area contributed by atoms with Gasteiger partial charge in [0.05, 0.1) is 12.8 Å². The number of aliphatic hydroxyl groups excluding tert-OH is 1. The van der Waals surface area contributed by atoms with E-state index in [1.54, 1.807) is 0 Å². The predicted octanol–water partition coefficient (Wildman–Crippen LogP) is 0.335. The van der Waals surface area contributed by atoms with Crippen LogP contribution in [0.5, 0.6) is 0 Å². The molecule has 0 spiro atoms. The molecule has 98 valence electrons. The van der Waals surface area contributed by atoms with Gasteiger partial charge < -0.3 is 20.4 Å². The van der Waals surface area contributed by atoms with Crippen molar-refractivity contribution in [2.75, 3.05) is 6.61 Å². The van der Waals surface area contributed by atoms with Crippen LogP contribution in [0.3, 0.4) is 0 Å². The smallest absolute Gasteiger partial charge is 0.330 e. The third-order valence-electron chi connectivity index (χ3n) is 1.49. The van der Waals surface area contributed by atoms with Crippen molar-refractivity contribution in [2.45, 2.75) is 25.7 Å². The Morgan fingerprint density at radius 1 is 0.882 bits per heavy atom. The largest absolute Gasteiger partial charge is 0.481 e. The molecule has 0 amide bonds. The van der Waals surface area contributed by atoms with E-state index in [9.17, 15) is 14.4 Å². The molecular weight excluding hydrogens is 232 g/mol. The summed E-state index contributed by atoms with van der Waals surface area (Å²) in [7, 11) is 0. The monoisotopic (exact) mass is 248 g/mol. The zero-order chi connectivity index (χ0) is 13.8. The highest BCUT2D eigenvalue weighted by molar-refractivity contribution is 5.85. The van der Waals surface area contributed by atoms with Crippen molar-refractivity contribution in [2.24, 2.45) is 0 Å². The van der Waals surface area contributed by atoms with Gasteiger partial charge in [-0.2, -0.15) is 0 Å². The van der Waals surface area contributed by atoms with Crippen LogP contribution in [0.4, 0.5) is 0 Å². The highest BCUT2D eigenvalue weighted by atomic mass is 16.4. The van der Waals surface area contributed by atoms with Crippen LogP contribution in [0.15, 0.2) is 12.2 Å². The first kappa shape index (κ1) is 17.5. The highest BCUT2D eigenvalue weighted by Crippen LogP contribution is 2.00. The van der Waals surface area contributed by atoms with Crippen molar-refractivity contribution >= 4 is 17.9 Å². The fourth-order valence-electron chi connectivity index (χ4n) is 0.613. The Kier molecular flexibility index (Phi) is 10.9. The molecule has 0 heterocycles. The summed E-state index contributed by atoms with van der Waals surface area (Å²) < 4.78 is 0. The molecule has 0 aliphatic carbocycles. The van der Waals surface area contributed by atoms with Gasteiger partial charge in [-0.15, -0.1) is 0 Å². The summed E-state index contributed by atoms with van der Waals surface area (Å²) in [5.41, 5.74) is 0.157. The van der Waals surface area contributed by atoms with E-state index >= 15 is 0 Å². The average molecular weight is 248 g/mol. The molecule has 0 aromatic rings. The number of carbonyl (C=O) groups is 3. The second kappa shape index (κ2) is 10.6. The van der Waals surface area contributed by atoms with E-state index in [-0.39, 0.29) is 25.0 Å². The first-order valence-corrected chi connectivity index (χ1v) is 4.76. The van der Waals surface area contributed by atoms with Gasteiger partial charge in [0, 0.05) is 12.2 Å². The van der Waals surface area contributed by atoms with Crippen LogP contribution in [0.2, 0.25) is 0 Å². The Morgan fingerprint density at radius 3 is 1.53 bits per heavy atom. The lowest BCUT2D eigenvalue weighted by Gasteiger charge is -1.94. The number of carboxylic acids is 3. The minimum Gasteiger partial charge on any atom is -0.481 e. The van der Waals surface area contributed by atoms with Crippen molar-refractivity contribution in [3.63, 3.8) is 0 Å². The summed E-state index contributed by atoms with van der Waals surface area (Å²) in [6.45, 7) is 3.30. The van der Waals surface area contributed by atoms with E-state index in [0.29, 0.717) is 12.8 Å². The lowest BCUT2D eigenvalue weighted by atomic mass is 10.2. The number of carboxylic acid groups (broad SMARTS) is 3. The molecule has 0 unspecified atom stereocenters. The van der Waals surface area contributed by atoms with E-state index in [1.807, 2.05) is 0 Å². The molecular formula is C10H16O7. The van der Waals surface area contributed by atoms with Crippen molar-refractivity contribution < 1.29 is 34.8 Å². The van der Waals surface area contributed by atoms with Gasteiger partial charge in [0.15, 0.2) is 0 Å². The molecule has 0 bridgehead atoms. The maximum atomic E-state index is 10.0. The van der Waals surface area contributed by atoms with E-state index < -0.39 is 17.9 Å². The molecule has 17 heavy (non-hydrogen) atoms. The Labute approximate surface area is 98.0 Å². The number of hydrogen-bond donors (Lipinski definition) is 4. The standard InChI is InChI=1S/C6H10O3.C4H6O4/c1-5(6(8)9)3-2-4-7;5-3(6)1-2-4(7)8/h7H,1-4H2,(H,8,9);1-2H2,(H,5,6)(H,7,8). The lowest BCUT2D eigenvalue weighted by molar-refractivity contribution is -0.143. The molecule has 0 aromatic carbocycles. The Balaban J connectivity index is 0. The van der Waals surface area contributed by atoms with Crippen LogP contribution in [0.25, 0.3) is 0 Å². The number of rotatable bonds is 7. The fraction of sp³-hybridized carbons (Fsp3) is 0.500. The first-order valence-electron chi connectivity index (χ1n) is 4.76. The molecule has 7 heteroatoms. The van der Waals surface area contributed by atoms with Gasteiger partial charge in [0.2, 0.25) is 0 Å². The first-order chi connectivity index (χ1) is 7.81. The van der Waals surface area contributed by atoms with Crippen LogP contribution in [-0.2, 0) is 14.4 Å². The summed E-state index contributed by atoms with van der Waals surface area (Å²) in [6.07, 6.45) is 0.252. The summed E-state index contributed by atoms with van der Waals surface area (Å²) in [5.74, 6) is -3.14. The quantitative estimate of drug-likeness (QED) is 0.477. The molecule has 0 aliphatic heterocycles. The van der Waals surface area contributed by atoms with Crippen LogP contribution in [0.1, 0.15) is 25.7 Å². The molecule has 0 saturated heterocycles. The molecule has 0 fully saturated rings. The van der Waals surface area contributed by atoms with Gasteiger partial charge in [-0.25, -0.2) is 4.79 Å². The summed E-state index contributed by atoms with van der Waals surface area (Å²) in [6, 6.07) is 0. The topological polar surface area (TPSA) is 132 Å². The van der Waals surface area contributed by atoms with Crippen LogP contribution >= 0.6 is 0 Å². The third kappa shape index (κ3) is 16.8. The molecule has 0 rings (SSSR count). The van der Waals surface area contributed by atoms with Gasteiger partial charge in [-0.05, 0) is 12.8 Å². The van der Waals surface area contributed by atoms with Crippen LogP contribution < -0.4 is 0 Å². The van der Waals surface area contributed by atoms with Gasteiger partial charge >= 0.3 is 17.9 Å². The van der Waals surface area contributed by atoms with Gasteiger partial charge in [0.25, 0.3) is 0 Å². The highest BCUT2D eigenvalue weighted by Gasteiger charge is 2.01. The Morgan fingerprint density at radius 2 is 1.29 bits per heavy atom.